The Bertz CT molecular complexity index is 1340. The van der Waals surface area contributed by atoms with Crippen molar-refractivity contribution in [3.8, 4) is 0 Å². The first-order chi connectivity index (χ1) is 22.6. The molecule has 5 rings (SSSR count). The van der Waals surface area contributed by atoms with E-state index in [4.69, 9.17) is 19.1 Å². The second-order valence-electron chi connectivity index (χ2n) is 17.5. The van der Waals surface area contributed by atoms with Crippen LogP contribution in [0.4, 0.5) is 10.7 Å². The number of carbonyl (C=O) groups is 1. The second kappa shape index (κ2) is 15.4. The number of ether oxygens (including phenoxy) is 1. The number of amides is 1. The zero-order valence-corrected chi connectivity index (χ0v) is 32.7. The number of fused-ring (bicyclic) bond motifs is 1. The lowest BCUT2D eigenvalue weighted by molar-refractivity contribution is 0.0127. The van der Waals surface area contributed by atoms with Gasteiger partial charge >= 0.3 is 6.09 Å². The van der Waals surface area contributed by atoms with E-state index in [1.165, 1.54) is 36.6 Å². The van der Waals surface area contributed by atoms with E-state index in [0.29, 0.717) is 24.0 Å². The minimum Gasteiger partial charge on any atom is -0.444 e. The summed E-state index contributed by atoms with van der Waals surface area (Å²) >= 11 is 0. The number of anilines is 1. The fourth-order valence-electron chi connectivity index (χ4n) is 7.61. The summed E-state index contributed by atoms with van der Waals surface area (Å²) in [4.78, 5) is 26.9. The Morgan fingerprint density at radius 3 is 2.23 bits per heavy atom. The Kier molecular flexibility index (Phi) is 11.9. The topological polar surface area (TPSA) is 84.8 Å². The molecular formula is C38H66N6O3Si. The largest absolute Gasteiger partial charge is 0.444 e. The van der Waals surface area contributed by atoms with Crippen molar-refractivity contribution in [2.45, 2.75) is 154 Å². The molecule has 1 saturated heterocycles. The molecule has 2 aromatic heterocycles. The lowest BCUT2D eigenvalue weighted by Gasteiger charge is -2.41. The molecule has 0 bridgehead atoms. The van der Waals surface area contributed by atoms with Gasteiger partial charge in [0.25, 0.3) is 0 Å². The monoisotopic (exact) mass is 682 g/mol. The van der Waals surface area contributed by atoms with Crippen molar-refractivity contribution in [3.63, 3.8) is 0 Å². The number of aromatic nitrogens is 3. The third-order valence-corrected chi connectivity index (χ3v) is 16.1. The van der Waals surface area contributed by atoms with E-state index < -0.39 is 13.9 Å². The summed E-state index contributed by atoms with van der Waals surface area (Å²) in [5, 5.41) is 4.97. The minimum atomic E-state index is -1.77. The third-order valence-electron chi connectivity index (χ3n) is 11.5. The van der Waals surface area contributed by atoms with Crippen molar-refractivity contribution >= 4 is 31.4 Å². The van der Waals surface area contributed by atoms with Crippen LogP contribution in [0.5, 0.6) is 0 Å². The molecule has 2 aliphatic carbocycles. The number of carbonyl (C=O) groups excluding carboxylic acids is 1. The smallest absolute Gasteiger partial charge is 0.410 e. The van der Waals surface area contributed by atoms with Crippen LogP contribution in [0.15, 0.2) is 12.4 Å². The highest BCUT2D eigenvalue weighted by Crippen LogP contribution is 2.43. The van der Waals surface area contributed by atoms with Crippen LogP contribution in [0.25, 0.3) is 11.0 Å². The van der Waals surface area contributed by atoms with Gasteiger partial charge in [0.1, 0.15) is 11.2 Å². The van der Waals surface area contributed by atoms with Gasteiger partial charge in [-0.05, 0) is 114 Å². The van der Waals surface area contributed by atoms with Gasteiger partial charge in [0.2, 0.25) is 5.95 Å². The van der Waals surface area contributed by atoms with E-state index in [0.717, 1.165) is 89.4 Å². The summed E-state index contributed by atoms with van der Waals surface area (Å²) in [6.45, 7) is 25.2. The highest BCUT2D eigenvalue weighted by atomic mass is 28.4. The zero-order valence-electron chi connectivity index (χ0n) is 31.7. The fourth-order valence-corrected chi connectivity index (χ4v) is 9.04. The summed E-state index contributed by atoms with van der Waals surface area (Å²) in [7, 11) is -1.77. The van der Waals surface area contributed by atoms with Crippen molar-refractivity contribution < 1.29 is 14.0 Å². The van der Waals surface area contributed by atoms with Gasteiger partial charge in [-0.15, -0.1) is 0 Å². The number of nitrogens with zero attached hydrogens (tertiary/aromatic N) is 5. The number of hydrogen-bond donors (Lipinski definition) is 1. The molecule has 10 heteroatoms. The first-order valence-electron chi connectivity index (χ1n) is 19.1. The standard InChI is InChI=1S/C38H66N6O3Si/c1-10-11-20-39-35-40-25-32-33(27-44(34(32)41-35)30-16-18-31(19-17-30)47-48(8,9)38(5,6)7)29-14-12-28(13-15-29)26-42-21-23-43(24-22-42)36(45)46-37(2,3)4/h25,27-31H,10-24,26H2,1-9H3,(H,39,40,41). The van der Waals surface area contributed by atoms with Crippen LogP contribution in [0.3, 0.4) is 0 Å². The molecule has 0 spiro atoms. The molecule has 3 heterocycles. The van der Waals surface area contributed by atoms with Crippen LogP contribution in [0, 0.1) is 5.92 Å². The summed E-state index contributed by atoms with van der Waals surface area (Å²) < 4.78 is 15.0. The Labute approximate surface area is 292 Å². The Morgan fingerprint density at radius 1 is 0.958 bits per heavy atom. The zero-order chi connectivity index (χ0) is 34.7. The maximum Gasteiger partial charge on any atom is 0.410 e. The van der Waals surface area contributed by atoms with Gasteiger partial charge in [-0.25, -0.2) is 9.78 Å². The molecule has 1 N–H and O–H groups in total. The number of rotatable bonds is 10. The van der Waals surface area contributed by atoms with Gasteiger partial charge in [-0.2, -0.15) is 4.98 Å². The van der Waals surface area contributed by atoms with E-state index in [-0.39, 0.29) is 11.1 Å². The van der Waals surface area contributed by atoms with Crippen molar-refractivity contribution in [3.05, 3.63) is 18.0 Å². The summed E-state index contributed by atoms with van der Waals surface area (Å²) in [6.07, 6.45) is 16.5. The van der Waals surface area contributed by atoms with Crippen molar-refractivity contribution in [1.82, 2.24) is 24.3 Å². The molecule has 1 aliphatic heterocycles. The maximum atomic E-state index is 12.5. The molecule has 0 atom stereocenters. The van der Waals surface area contributed by atoms with E-state index in [1.807, 2.05) is 25.7 Å². The third kappa shape index (κ3) is 9.33. The Hall–Kier alpha value is -2.17. The second-order valence-corrected chi connectivity index (χ2v) is 22.3. The summed E-state index contributed by atoms with van der Waals surface area (Å²) in [6, 6.07) is 0.453. The molecule has 2 saturated carbocycles. The first-order valence-corrected chi connectivity index (χ1v) is 22.0. The molecule has 2 aromatic rings. The maximum absolute atomic E-state index is 12.5. The number of piperazine rings is 1. The molecule has 0 aromatic carbocycles. The fraction of sp³-hybridized carbons (Fsp3) is 0.816. The molecule has 3 aliphatic rings. The van der Waals surface area contributed by atoms with Crippen LogP contribution in [-0.4, -0.2) is 89.7 Å². The number of unbranched alkanes of at least 4 members (excludes halogenated alkanes) is 1. The van der Waals surface area contributed by atoms with Crippen molar-refractivity contribution in [2.24, 2.45) is 5.92 Å². The Balaban J connectivity index is 1.22. The lowest BCUT2D eigenvalue weighted by Crippen LogP contribution is -2.51. The predicted molar refractivity (Wildman–Crippen MR) is 199 cm³/mol. The molecule has 3 fully saturated rings. The van der Waals surface area contributed by atoms with Gasteiger partial charge in [-0.3, -0.25) is 4.90 Å². The highest BCUT2D eigenvalue weighted by Gasteiger charge is 2.40. The summed E-state index contributed by atoms with van der Waals surface area (Å²) in [5.74, 6) is 2.02. The van der Waals surface area contributed by atoms with E-state index >= 15 is 0 Å². The normalized spacial score (nSPS) is 25.0. The van der Waals surface area contributed by atoms with Gasteiger partial charge in [0, 0.05) is 69.2 Å². The van der Waals surface area contributed by atoms with Crippen LogP contribution in [-0.2, 0) is 9.16 Å². The molecule has 0 radical (unpaired) electrons. The van der Waals surface area contributed by atoms with Crippen LogP contribution in [0.2, 0.25) is 18.1 Å². The Morgan fingerprint density at radius 2 is 1.62 bits per heavy atom. The number of nitrogens with one attached hydrogen (secondary N) is 1. The van der Waals surface area contributed by atoms with E-state index in [1.54, 1.807) is 0 Å². The van der Waals surface area contributed by atoms with Crippen LogP contribution < -0.4 is 5.32 Å². The predicted octanol–water partition coefficient (Wildman–Crippen LogP) is 8.98. The average Bonchev–Trinajstić information content (AvgIpc) is 3.40. The minimum absolute atomic E-state index is 0.179. The SMILES string of the molecule is CCCCNc1ncc2c(C3CCC(CN4CCN(C(=O)OC(C)(C)C)CC4)CC3)cn(C3CCC(O[Si](C)(C)C(C)(C)C)CC3)c2n1. The van der Waals surface area contributed by atoms with Crippen LogP contribution in [0.1, 0.15) is 130 Å². The number of hydrogen-bond acceptors (Lipinski definition) is 7. The first kappa shape index (κ1) is 37.1. The molecular weight excluding hydrogens is 617 g/mol. The van der Waals surface area contributed by atoms with Gasteiger partial charge in [0.05, 0.1) is 0 Å². The highest BCUT2D eigenvalue weighted by molar-refractivity contribution is 6.74. The molecule has 48 heavy (non-hydrogen) atoms. The lowest BCUT2D eigenvalue weighted by atomic mass is 9.78. The molecule has 1 amide bonds. The van der Waals surface area contributed by atoms with Crippen molar-refractivity contribution in [2.75, 3.05) is 44.6 Å². The van der Waals surface area contributed by atoms with Crippen LogP contribution >= 0.6 is 0 Å². The molecule has 0 unspecified atom stereocenters. The molecule has 9 nitrogen and oxygen atoms in total. The van der Waals surface area contributed by atoms with E-state index in [9.17, 15) is 4.79 Å². The molecule has 270 valence electrons. The quantitative estimate of drug-likeness (QED) is 0.198. The van der Waals surface area contributed by atoms with E-state index in [2.05, 4.69) is 68.0 Å². The van der Waals surface area contributed by atoms with Gasteiger partial charge in [0.15, 0.2) is 8.32 Å². The van der Waals surface area contributed by atoms with Crippen molar-refractivity contribution in [1.29, 1.82) is 0 Å². The average molecular weight is 683 g/mol. The van der Waals surface area contributed by atoms with Gasteiger partial charge < -0.3 is 23.9 Å². The summed E-state index contributed by atoms with van der Waals surface area (Å²) in [5.41, 5.74) is 2.12. The van der Waals surface area contributed by atoms with Gasteiger partial charge in [-0.1, -0.05) is 34.1 Å².